The highest BCUT2D eigenvalue weighted by Gasteiger charge is 2.23. The van der Waals surface area contributed by atoms with Crippen molar-refractivity contribution in [2.75, 3.05) is 0 Å². The highest BCUT2D eigenvalue weighted by Crippen LogP contribution is 2.49. The van der Waals surface area contributed by atoms with Crippen LogP contribution < -0.4 is 9.47 Å². The lowest BCUT2D eigenvalue weighted by Crippen LogP contribution is -2.09. The molecule has 0 aliphatic rings. The van der Waals surface area contributed by atoms with Crippen LogP contribution in [-0.2, 0) is 9.59 Å². The van der Waals surface area contributed by atoms with E-state index in [0.717, 1.165) is 92.7 Å². The Morgan fingerprint density at radius 3 is 0.977 bits per heavy atom. The third-order valence-corrected chi connectivity index (χ3v) is 8.41. The number of fused-ring (bicyclic) bond motifs is 4. The third kappa shape index (κ3) is 5.65. The standard InChI is InChI=1S/C40H38O4/c1-3-5-7-25-35(41)43-39-31-21-13-9-17-27(31)37(28-18-10-14-22-32(28)39)38-29-19-11-15-23-33(29)40(34-24-16-12-20-30(34)38)44-36(42)26-8-6-4-2/h9-24H,3-8,25-26H2,1-2H3. The summed E-state index contributed by atoms with van der Waals surface area (Å²) in [7, 11) is 0. The van der Waals surface area contributed by atoms with Crippen LogP contribution in [0.25, 0.3) is 54.2 Å². The van der Waals surface area contributed by atoms with E-state index in [1.54, 1.807) is 0 Å². The summed E-state index contributed by atoms with van der Waals surface area (Å²) in [5.74, 6) is 0.797. The van der Waals surface area contributed by atoms with Crippen molar-refractivity contribution in [1.29, 1.82) is 0 Å². The molecule has 0 atom stereocenters. The molecule has 0 spiro atoms. The number of hydrogen-bond donors (Lipinski definition) is 0. The van der Waals surface area contributed by atoms with Crippen LogP contribution in [0.1, 0.15) is 65.2 Å². The van der Waals surface area contributed by atoms with Crippen molar-refractivity contribution in [2.45, 2.75) is 65.2 Å². The molecule has 0 unspecified atom stereocenters. The molecule has 0 amide bonds. The molecule has 0 aliphatic heterocycles. The second kappa shape index (κ2) is 13.3. The van der Waals surface area contributed by atoms with E-state index >= 15 is 0 Å². The van der Waals surface area contributed by atoms with Crippen molar-refractivity contribution < 1.29 is 19.1 Å². The number of ether oxygens (including phenoxy) is 2. The maximum Gasteiger partial charge on any atom is 0.311 e. The average Bonchev–Trinajstić information content (AvgIpc) is 3.05. The van der Waals surface area contributed by atoms with Crippen molar-refractivity contribution in [3.05, 3.63) is 97.1 Å². The van der Waals surface area contributed by atoms with Crippen LogP contribution in [0.15, 0.2) is 97.1 Å². The summed E-state index contributed by atoms with van der Waals surface area (Å²) in [6.07, 6.45) is 6.52. The fourth-order valence-electron chi connectivity index (χ4n) is 6.30. The monoisotopic (exact) mass is 582 g/mol. The van der Waals surface area contributed by atoms with Gasteiger partial charge in [0.1, 0.15) is 11.5 Å². The minimum absolute atomic E-state index is 0.206. The van der Waals surface area contributed by atoms with Crippen molar-refractivity contribution >= 4 is 55.0 Å². The lowest BCUT2D eigenvalue weighted by molar-refractivity contribution is -0.135. The van der Waals surface area contributed by atoms with Crippen LogP contribution in [0.4, 0.5) is 0 Å². The van der Waals surface area contributed by atoms with Crippen LogP contribution in [0.3, 0.4) is 0 Å². The van der Waals surface area contributed by atoms with Gasteiger partial charge >= 0.3 is 11.9 Å². The molecule has 44 heavy (non-hydrogen) atoms. The first-order chi connectivity index (χ1) is 21.6. The summed E-state index contributed by atoms with van der Waals surface area (Å²) < 4.78 is 12.3. The van der Waals surface area contributed by atoms with Gasteiger partial charge < -0.3 is 9.47 Å². The van der Waals surface area contributed by atoms with E-state index in [1.165, 1.54) is 0 Å². The van der Waals surface area contributed by atoms with Gasteiger partial charge in [0.25, 0.3) is 0 Å². The Labute approximate surface area is 258 Å². The molecule has 0 saturated heterocycles. The Kier molecular flexibility index (Phi) is 8.88. The predicted molar refractivity (Wildman–Crippen MR) is 181 cm³/mol. The maximum absolute atomic E-state index is 13.0. The Morgan fingerprint density at radius 1 is 0.432 bits per heavy atom. The van der Waals surface area contributed by atoms with E-state index in [0.29, 0.717) is 24.3 Å². The second-order valence-electron chi connectivity index (χ2n) is 11.5. The van der Waals surface area contributed by atoms with Gasteiger partial charge in [-0.3, -0.25) is 9.59 Å². The zero-order valence-electron chi connectivity index (χ0n) is 25.5. The molecular weight excluding hydrogens is 544 g/mol. The zero-order chi connectivity index (χ0) is 30.5. The highest BCUT2D eigenvalue weighted by molar-refractivity contribution is 6.27. The SMILES string of the molecule is CCCCCC(=O)Oc1c2ccccc2c(-c2c3ccccc3c(OC(=O)CCCCC)c3ccccc23)c2ccccc12. The maximum atomic E-state index is 13.0. The predicted octanol–water partition coefficient (Wildman–Crippen LogP) is 10.9. The number of esters is 2. The summed E-state index contributed by atoms with van der Waals surface area (Å²) >= 11 is 0. The van der Waals surface area contributed by atoms with Gasteiger partial charge in [-0.15, -0.1) is 0 Å². The molecule has 0 heterocycles. The van der Waals surface area contributed by atoms with Gasteiger partial charge in [0.05, 0.1) is 0 Å². The fourth-order valence-corrected chi connectivity index (χ4v) is 6.30. The normalized spacial score (nSPS) is 11.4. The van der Waals surface area contributed by atoms with Gasteiger partial charge in [0.2, 0.25) is 0 Å². The van der Waals surface area contributed by atoms with Crippen molar-refractivity contribution in [1.82, 2.24) is 0 Å². The molecule has 0 N–H and O–H groups in total. The van der Waals surface area contributed by atoms with Gasteiger partial charge in [-0.2, -0.15) is 0 Å². The molecule has 0 bridgehead atoms. The van der Waals surface area contributed by atoms with E-state index in [9.17, 15) is 9.59 Å². The van der Waals surface area contributed by atoms with E-state index in [2.05, 4.69) is 38.1 Å². The number of rotatable bonds is 11. The van der Waals surface area contributed by atoms with Gasteiger partial charge in [-0.1, -0.05) is 137 Å². The fraction of sp³-hybridized carbons (Fsp3) is 0.250. The van der Waals surface area contributed by atoms with Crippen molar-refractivity contribution in [3.63, 3.8) is 0 Å². The van der Waals surface area contributed by atoms with Gasteiger partial charge in [-0.05, 0) is 45.5 Å². The molecule has 6 aromatic rings. The minimum Gasteiger partial charge on any atom is -0.425 e. The molecule has 0 radical (unpaired) electrons. The molecule has 0 fully saturated rings. The molecule has 4 heteroatoms. The first-order valence-electron chi connectivity index (χ1n) is 15.9. The number of carbonyl (C=O) groups is 2. The van der Waals surface area contributed by atoms with E-state index < -0.39 is 0 Å². The molecule has 0 saturated carbocycles. The summed E-state index contributed by atoms with van der Waals surface area (Å²) in [6, 6.07) is 32.7. The molecule has 222 valence electrons. The highest BCUT2D eigenvalue weighted by atomic mass is 16.5. The molecule has 4 nitrogen and oxygen atoms in total. The summed E-state index contributed by atoms with van der Waals surface area (Å²) in [6.45, 7) is 4.26. The summed E-state index contributed by atoms with van der Waals surface area (Å²) in [5, 5.41) is 7.58. The van der Waals surface area contributed by atoms with Crippen LogP contribution in [0.2, 0.25) is 0 Å². The minimum atomic E-state index is -0.206. The number of unbranched alkanes of at least 4 members (excludes halogenated alkanes) is 4. The molecule has 6 rings (SSSR count). The smallest absolute Gasteiger partial charge is 0.311 e. The van der Waals surface area contributed by atoms with Gasteiger partial charge in [0, 0.05) is 34.4 Å². The largest absolute Gasteiger partial charge is 0.425 e. The molecular formula is C40H38O4. The van der Waals surface area contributed by atoms with Crippen molar-refractivity contribution in [3.8, 4) is 22.6 Å². The molecule has 0 aromatic heterocycles. The zero-order valence-corrected chi connectivity index (χ0v) is 25.5. The van der Waals surface area contributed by atoms with Crippen LogP contribution in [-0.4, -0.2) is 11.9 Å². The first-order valence-corrected chi connectivity index (χ1v) is 15.9. The molecule has 6 aromatic carbocycles. The quantitative estimate of drug-likeness (QED) is 0.0660. The summed E-state index contributed by atoms with van der Waals surface area (Å²) in [5.41, 5.74) is 2.13. The average molecular weight is 583 g/mol. The van der Waals surface area contributed by atoms with Crippen molar-refractivity contribution in [2.24, 2.45) is 0 Å². The summed E-state index contributed by atoms with van der Waals surface area (Å²) in [4.78, 5) is 26.0. The Balaban J connectivity index is 1.62. The number of carbonyl (C=O) groups excluding carboxylic acids is 2. The van der Waals surface area contributed by atoms with Gasteiger partial charge in [0.15, 0.2) is 0 Å². The van der Waals surface area contributed by atoms with E-state index in [1.807, 2.05) is 72.8 Å². The Bertz CT molecular complexity index is 1730. The van der Waals surface area contributed by atoms with Crippen LogP contribution in [0, 0.1) is 0 Å². The second-order valence-corrected chi connectivity index (χ2v) is 11.5. The molecule has 0 aliphatic carbocycles. The van der Waals surface area contributed by atoms with Crippen LogP contribution in [0.5, 0.6) is 11.5 Å². The number of benzene rings is 6. The van der Waals surface area contributed by atoms with E-state index in [4.69, 9.17) is 9.47 Å². The van der Waals surface area contributed by atoms with Gasteiger partial charge in [-0.25, -0.2) is 0 Å². The Morgan fingerprint density at radius 2 is 0.705 bits per heavy atom. The lowest BCUT2D eigenvalue weighted by atomic mass is 9.85. The topological polar surface area (TPSA) is 52.6 Å². The third-order valence-electron chi connectivity index (χ3n) is 8.41. The van der Waals surface area contributed by atoms with Crippen LogP contribution >= 0.6 is 0 Å². The first kappa shape index (κ1) is 29.4. The number of hydrogen-bond acceptors (Lipinski definition) is 4. The Hall–Kier alpha value is -4.70. The van der Waals surface area contributed by atoms with E-state index in [-0.39, 0.29) is 11.9 Å². The lowest BCUT2D eigenvalue weighted by Gasteiger charge is -2.21.